The van der Waals surface area contributed by atoms with Crippen LogP contribution in [0.25, 0.3) is 5.69 Å². The molecule has 1 aromatic carbocycles. The Labute approximate surface area is 127 Å². The Morgan fingerprint density at radius 1 is 1.35 bits per heavy atom. The molecule has 0 aliphatic carbocycles. The van der Waals surface area contributed by atoms with Gasteiger partial charge in [-0.05, 0) is 66.5 Å². The molecule has 0 atom stereocenters. The van der Waals surface area contributed by atoms with Crippen LogP contribution in [0, 0.1) is 19.7 Å². The van der Waals surface area contributed by atoms with Gasteiger partial charge in [0.05, 0.1) is 21.5 Å². The minimum Gasteiger partial charge on any atom is -0.313 e. The van der Waals surface area contributed by atoms with Gasteiger partial charge in [-0.25, -0.2) is 9.07 Å². The van der Waals surface area contributed by atoms with Gasteiger partial charge >= 0.3 is 0 Å². The number of rotatable bonds is 5. The number of nitrogens with one attached hydrogen (secondary N) is 1. The zero-order valence-corrected chi connectivity index (χ0v) is 13.6. The molecular weight excluding hydrogens is 321 g/mol. The van der Waals surface area contributed by atoms with Crippen LogP contribution in [0.2, 0.25) is 0 Å². The van der Waals surface area contributed by atoms with Crippen molar-refractivity contribution in [1.29, 1.82) is 0 Å². The van der Waals surface area contributed by atoms with E-state index in [0.29, 0.717) is 6.54 Å². The average Bonchev–Trinajstić information content (AvgIpc) is 2.67. The molecule has 2 rings (SSSR count). The number of aryl methyl sites for hydroxylation is 1. The highest BCUT2D eigenvalue weighted by molar-refractivity contribution is 9.10. The Bertz CT molecular complexity index is 607. The fraction of sp³-hybridized carbons (Fsp3) is 0.400. The smallest absolute Gasteiger partial charge is 0.123 e. The van der Waals surface area contributed by atoms with Crippen LogP contribution in [0.5, 0.6) is 0 Å². The maximum atomic E-state index is 13.5. The van der Waals surface area contributed by atoms with Crippen molar-refractivity contribution in [2.45, 2.75) is 33.7 Å². The molecule has 5 heteroatoms. The van der Waals surface area contributed by atoms with Crippen LogP contribution in [0.4, 0.5) is 4.39 Å². The highest BCUT2D eigenvalue weighted by Crippen LogP contribution is 2.25. The maximum Gasteiger partial charge on any atom is 0.123 e. The molecule has 0 saturated carbocycles. The van der Waals surface area contributed by atoms with Crippen molar-refractivity contribution in [3.63, 3.8) is 0 Å². The lowest BCUT2D eigenvalue weighted by Crippen LogP contribution is -2.16. The first-order chi connectivity index (χ1) is 9.54. The van der Waals surface area contributed by atoms with E-state index in [2.05, 4.69) is 33.3 Å². The van der Waals surface area contributed by atoms with Crippen molar-refractivity contribution in [1.82, 2.24) is 15.1 Å². The number of hydrogen-bond acceptors (Lipinski definition) is 2. The molecule has 1 N–H and O–H groups in total. The molecule has 1 heterocycles. The van der Waals surface area contributed by atoms with Crippen LogP contribution in [0.1, 0.15) is 30.3 Å². The lowest BCUT2D eigenvalue weighted by molar-refractivity contribution is 0.616. The van der Waals surface area contributed by atoms with Crippen molar-refractivity contribution in [2.24, 2.45) is 0 Å². The third-order valence-electron chi connectivity index (χ3n) is 3.21. The first-order valence-electron chi connectivity index (χ1n) is 6.75. The highest BCUT2D eigenvalue weighted by atomic mass is 79.9. The summed E-state index contributed by atoms with van der Waals surface area (Å²) in [5, 5.41) is 7.83. The minimum atomic E-state index is -0.220. The van der Waals surface area contributed by atoms with Crippen molar-refractivity contribution in [2.75, 3.05) is 6.54 Å². The summed E-state index contributed by atoms with van der Waals surface area (Å²) in [6, 6.07) is 4.83. The largest absolute Gasteiger partial charge is 0.313 e. The molecule has 20 heavy (non-hydrogen) atoms. The van der Waals surface area contributed by atoms with E-state index in [9.17, 15) is 4.39 Å². The Hall–Kier alpha value is -1.20. The second kappa shape index (κ2) is 6.50. The molecule has 0 radical (unpaired) electrons. The van der Waals surface area contributed by atoms with Gasteiger partial charge in [0.1, 0.15) is 5.82 Å². The number of aromatic nitrogens is 2. The van der Waals surface area contributed by atoms with Crippen LogP contribution < -0.4 is 5.32 Å². The van der Waals surface area contributed by atoms with Gasteiger partial charge < -0.3 is 5.32 Å². The molecule has 0 amide bonds. The summed E-state index contributed by atoms with van der Waals surface area (Å²) < 4.78 is 16.3. The quantitative estimate of drug-likeness (QED) is 0.837. The van der Waals surface area contributed by atoms with E-state index < -0.39 is 0 Å². The summed E-state index contributed by atoms with van der Waals surface area (Å²) >= 11 is 3.53. The lowest BCUT2D eigenvalue weighted by atomic mass is 10.1. The molecule has 0 unspecified atom stereocenters. The summed E-state index contributed by atoms with van der Waals surface area (Å²) in [6.07, 6.45) is 1.05. The monoisotopic (exact) mass is 339 g/mol. The van der Waals surface area contributed by atoms with Crippen molar-refractivity contribution in [3.05, 3.63) is 45.4 Å². The van der Waals surface area contributed by atoms with Gasteiger partial charge in [-0.15, -0.1) is 0 Å². The van der Waals surface area contributed by atoms with Gasteiger partial charge in [0, 0.05) is 6.54 Å². The predicted molar refractivity (Wildman–Crippen MR) is 82.7 cm³/mol. The average molecular weight is 340 g/mol. The summed E-state index contributed by atoms with van der Waals surface area (Å²) in [5.74, 6) is -0.220. The highest BCUT2D eigenvalue weighted by Gasteiger charge is 2.13. The number of nitrogens with zero attached hydrogens (tertiary/aromatic N) is 2. The van der Waals surface area contributed by atoms with E-state index >= 15 is 0 Å². The molecule has 3 nitrogen and oxygen atoms in total. The molecule has 0 aliphatic heterocycles. The van der Waals surface area contributed by atoms with Gasteiger partial charge in [0.25, 0.3) is 0 Å². The molecule has 0 saturated heterocycles. The Morgan fingerprint density at radius 3 is 2.70 bits per heavy atom. The molecule has 0 bridgehead atoms. The van der Waals surface area contributed by atoms with Crippen LogP contribution in [-0.4, -0.2) is 16.3 Å². The lowest BCUT2D eigenvalue weighted by Gasteiger charge is -2.12. The van der Waals surface area contributed by atoms with Gasteiger partial charge in [0.15, 0.2) is 0 Å². The molecule has 0 spiro atoms. The fourth-order valence-electron chi connectivity index (χ4n) is 2.16. The topological polar surface area (TPSA) is 29.9 Å². The molecule has 0 aliphatic rings. The zero-order valence-electron chi connectivity index (χ0n) is 12.0. The Morgan fingerprint density at radius 2 is 2.10 bits per heavy atom. The summed E-state index contributed by atoms with van der Waals surface area (Å²) in [7, 11) is 0. The van der Waals surface area contributed by atoms with E-state index in [1.807, 2.05) is 18.5 Å². The standard InChI is InChI=1S/C15H19BrFN3/c1-4-7-18-9-12-8-13(17)5-6-14(12)20-11(3)15(16)10(2)19-20/h5-6,8,18H,4,7,9H2,1-3H3. The van der Waals surface area contributed by atoms with Crippen LogP contribution in [0.3, 0.4) is 0 Å². The molecule has 2 aromatic rings. The van der Waals surface area contributed by atoms with Crippen molar-refractivity contribution in [3.8, 4) is 5.69 Å². The van der Waals surface area contributed by atoms with Crippen LogP contribution in [-0.2, 0) is 6.54 Å². The summed E-state index contributed by atoms with van der Waals surface area (Å²) in [4.78, 5) is 0. The molecule has 1 aromatic heterocycles. The third-order valence-corrected chi connectivity index (χ3v) is 4.36. The molecule has 0 fully saturated rings. The summed E-state index contributed by atoms with van der Waals surface area (Å²) in [6.45, 7) is 7.61. The van der Waals surface area contributed by atoms with E-state index in [1.54, 1.807) is 12.1 Å². The SMILES string of the molecule is CCCNCc1cc(F)ccc1-n1nc(C)c(Br)c1C. The number of benzene rings is 1. The summed E-state index contributed by atoms with van der Waals surface area (Å²) in [5.41, 5.74) is 3.78. The van der Waals surface area contributed by atoms with Crippen LogP contribution >= 0.6 is 15.9 Å². The van der Waals surface area contributed by atoms with E-state index in [4.69, 9.17) is 0 Å². The van der Waals surface area contributed by atoms with Crippen molar-refractivity contribution < 1.29 is 4.39 Å². The molecular formula is C15H19BrFN3. The third kappa shape index (κ3) is 3.10. The van der Waals surface area contributed by atoms with Gasteiger partial charge in [0.2, 0.25) is 0 Å². The number of halogens is 2. The van der Waals surface area contributed by atoms with Gasteiger partial charge in [-0.3, -0.25) is 0 Å². The Kier molecular flexibility index (Phi) is 4.94. The van der Waals surface area contributed by atoms with E-state index in [-0.39, 0.29) is 5.82 Å². The maximum absolute atomic E-state index is 13.5. The Balaban J connectivity index is 2.42. The second-order valence-corrected chi connectivity index (χ2v) is 5.64. The predicted octanol–water partition coefficient (Wildman–Crippen LogP) is 3.89. The minimum absolute atomic E-state index is 0.220. The van der Waals surface area contributed by atoms with E-state index in [0.717, 1.165) is 40.1 Å². The number of hydrogen-bond donors (Lipinski definition) is 1. The normalized spacial score (nSPS) is 11.1. The van der Waals surface area contributed by atoms with Gasteiger partial charge in [-0.1, -0.05) is 6.92 Å². The zero-order chi connectivity index (χ0) is 14.7. The van der Waals surface area contributed by atoms with Crippen molar-refractivity contribution >= 4 is 15.9 Å². The van der Waals surface area contributed by atoms with Crippen LogP contribution in [0.15, 0.2) is 22.7 Å². The first-order valence-corrected chi connectivity index (χ1v) is 7.55. The second-order valence-electron chi connectivity index (χ2n) is 4.85. The van der Waals surface area contributed by atoms with E-state index in [1.165, 1.54) is 6.07 Å². The molecule has 108 valence electrons. The fourth-order valence-corrected chi connectivity index (χ4v) is 2.41. The van der Waals surface area contributed by atoms with Gasteiger partial charge in [-0.2, -0.15) is 5.10 Å². The first kappa shape index (κ1) is 15.2.